The molecule has 0 radical (unpaired) electrons. The molecule has 1 aromatic heterocycles. The van der Waals surface area contributed by atoms with Gasteiger partial charge in [-0.1, -0.05) is 0 Å². The van der Waals surface area contributed by atoms with Crippen LogP contribution in [0.3, 0.4) is 0 Å². The molecule has 1 aliphatic rings. The van der Waals surface area contributed by atoms with Gasteiger partial charge in [0.25, 0.3) is 0 Å². The van der Waals surface area contributed by atoms with Crippen LogP contribution in [0.25, 0.3) is 0 Å². The van der Waals surface area contributed by atoms with Gasteiger partial charge in [-0.15, -0.1) is 0 Å². The molecule has 2 heterocycles. The van der Waals surface area contributed by atoms with Gasteiger partial charge in [0, 0.05) is 18.4 Å². The first-order chi connectivity index (χ1) is 8.88. The van der Waals surface area contributed by atoms with Crippen LogP contribution in [0.1, 0.15) is 18.5 Å². The van der Waals surface area contributed by atoms with Crippen molar-refractivity contribution in [1.82, 2.24) is 10.3 Å². The van der Waals surface area contributed by atoms with E-state index < -0.39 is 0 Å². The number of ether oxygens (including phenoxy) is 1. The van der Waals surface area contributed by atoms with Crippen LogP contribution in [0.5, 0.6) is 0 Å². The monoisotopic (exact) mass is 246 g/mol. The number of pyridine rings is 1. The summed E-state index contributed by atoms with van der Waals surface area (Å²) >= 11 is 0. The first kappa shape index (κ1) is 12.8. The molecule has 18 heavy (non-hydrogen) atoms. The smallest absolute Gasteiger partial charge is 0.142 e. The van der Waals surface area contributed by atoms with Crippen molar-refractivity contribution in [2.45, 2.75) is 18.9 Å². The summed E-state index contributed by atoms with van der Waals surface area (Å²) in [4.78, 5) is 3.92. The van der Waals surface area contributed by atoms with Crippen molar-refractivity contribution in [2.75, 3.05) is 31.6 Å². The zero-order chi connectivity index (χ0) is 12.6. The van der Waals surface area contributed by atoms with E-state index in [1.807, 2.05) is 12.1 Å². The van der Waals surface area contributed by atoms with Crippen molar-refractivity contribution < 1.29 is 4.74 Å². The van der Waals surface area contributed by atoms with Crippen molar-refractivity contribution >= 4 is 5.69 Å². The fourth-order valence-electron chi connectivity index (χ4n) is 1.98. The van der Waals surface area contributed by atoms with E-state index in [1.165, 1.54) is 0 Å². The Morgan fingerprint density at radius 1 is 1.50 bits per heavy atom. The number of hydrogen-bond acceptors (Lipinski definition) is 5. The van der Waals surface area contributed by atoms with Gasteiger partial charge < -0.3 is 15.4 Å². The van der Waals surface area contributed by atoms with E-state index in [2.05, 4.69) is 15.6 Å². The summed E-state index contributed by atoms with van der Waals surface area (Å²) in [5, 5.41) is 15.3. The van der Waals surface area contributed by atoms with Crippen molar-refractivity contribution in [3.8, 4) is 6.07 Å². The molecule has 1 fully saturated rings. The highest BCUT2D eigenvalue weighted by molar-refractivity contribution is 5.45. The minimum atomic E-state index is 0.389. The van der Waals surface area contributed by atoms with Crippen LogP contribution in [-0.2, 0) is 4.74 Å². The molecule has 96 valence electrons. The molecular formula is C13H18N4O. The second-order valence-electron chi connectivity index (χ2n) is 4.29. The summed E-state index contributed by atoms with van der Waals surface area (Å²) in [6, 6.07) is 5.61. The minimum Gasteiger partial charge on any atom is -0.383 e. The molecule has 2 rings (SSSR count). The third kappa shape index (κ3) is 3.99. The number of nitriles is 1. The number of aromatic nitrogens is 1. The quantitative estimate of drug-likeness (QED) is 0.762. The number of rotatable bonds is 5. The van der Waals surface area contributed by atoms with Crippen LogP contribution in [0.4, 0.5) is 5.69 Å². The maximum absolute atomic E-state index is 8.73. The van der Waals surface area contributed by atoms with Crippen LogP contribution in [0.2, 0.25) is 0 Å². The molecule has 2 N–H and O–H groups in total. The van der Waals surface area contributed by atoms with E-state index in [4.69, 9.17) is 10.00 Å². The standard InChI is InChI=1S/C13H18N4O/c14-10-12-9-11(1-6-16-12)17-7-8-18-13-2-4-15-5-3-13/h1,6,9,13,15H,2-5,7-8H2,(H,16,17). The van der Waals surface area contributed by atoms with E-state index in [-0.39, 0.29) is 0 Å². The SMILES string of the molecule is N#Cc1cc(NCCOC2CCNCC2)ccn1. The average molecular weight is 246 g/mol. The Balaban J connectivity index is 1.67. The van der Waals surface area contributed by atoms with Gasteiger partial charge in [0.1, 0.15) is 11.8 Å². The summed E-state index contributed by atoms with van der Waals surface area (Å²) in [5.41, 5.74) is 1.34. The number of hydrogen-bond donors (Lipinski definition) is 2. The highest BCUT2D eigenvalue weighted by Crippen LogP contribution is 2.08. The topological polar surface area (TPSA) is 70.0 Å². The van der Waals surface area contributed by atoms with Crippen LogP contribution in [0, 0.1) is 11.3 Å². The predicted octanol–water partition coefficient (Wildman–Crippen LogP) is 1.13. The lowest BCUT2D eigenvalue weighted by Crippen LogP contribution is -2.33. The van der Waals surface area contributed by atoms with E-state index >= 15 is 0 Å². The molecule has 0 atom stereocenters. The summed E-state index contributed by atoms with van der Waals surface area (Å²) < 4.78 is 5.78. The average Bonchev–Trinajstić information content (AvgIpc) is 2.45. The molecule has 0 spiro atoms. The van der Waals surface area contributed by atoms with Gasteiger partial charge >= 0.3 is 0 Å². The van der Waals surface area contributed by atoms with Gasteiger partial charge in [-0.05, 0) is 38.1 Å². The van der Waals surface area contributed by atoms with Gasteiger partial charge in [0.2, 0.25) is 0 Å². The normalized spacial score (nSPS) is 16.2. The Morgan fingerprint density at radius 3 is 3.11 bits per heavy atom. The second-order valence-corrected chi connectivity index (χ2v) is 4.29. The van der Waals surface area contributed by atoms with E-state index in [9.17, 15) is 0 Å². The molecule has 1 aromatic rings. The van der Waals surface area contributed by atoms with Gasteiger partial charge in [-0.3, -0.25) is 0 Å². The van der Waals surface area contributed by atoms with E-state index in [1.54, 1.807) is 12.3 Å². The molecule has 0 aliphatic carbocycles. The maximum Gasteiger partial charge on any atom is 0.142 e. The molecule has 0 unspecified atom stereocenters. The number of piperidine rings is 1. The van der Waals surface area contributed by atoms with Crippen molar-refractivity contribution in [1.29, 1.82) is 5.26 Å². The lowest BCUT2D eigenvalue weighted by molar-refractivity contribution is 0.0394. The van der Waals surface area contributed by atoms with Crippen LogP contribution >= 0.6 is 0 Å². The summed E-state index contributed by atoms with van der Waals surface area (Å²) in [7, 11) is 0. The Labute approximate surface area is 107 Å². The molecule has 1 aliphatic heterocycles. The molecule has 1 saturated heterocycles. The molecular weight excluding hydrogens is 228 g/mol. The number of nitrogens with zero attached hydrogens (tertiary/aromatic N) is 2. The van der Waals surface area contributed by atoms with E-state index in [0.29, 0.717) is 18.4 Å². The Morgan fingerprint density at radius 2 is 2.33 bits per heavy atom. The second kappa shape index (κ2) is 6.94. The summed E-state index contributed by atoms with van der Waals surface area (Å²) in [5.74, 6) is 0. The van der Waals surface area contributed by atoms with Crippen LogP contribution in [0.15, 0.2) is 18.3 Å². The highest BCUT2D eigenvalue weighted by Gasteiger charge is 2.12. The Kier molecular flexibility index (Phi) is 4.94. The van der Waals surface area contributed by atoms with Crippen molar-refractivity contribution in [3.63, 3.8) is 0 Å². The molecule has 0 amide bonds. The first-order valence-corrected chi connectivity index (χ1v) is 6.31. The Hall–Kier alpha value is -1.64. The van der Waals surface area contributed by atoms with Gasteiger partial charge in [0.05, 0.1) is 12.7 Å². The fraction of sp³-hybridized carbons (Fsp3) is 0.538. The molecule has 0 saturated carbocycles. The molecule has 0 aromatic carbocycles. The highest BCUT2D eigenvalue weighted by atomic mass is 16.5. The third-order valence-corrected chi connectivity index (χ3v) is 2.95. The summed E-state index contributed by atoms with van der Waals surface area (Å²) in [6.45, 7) is 3.54. The van der Waals surface area contributed by atoms with Gasteiger partial charge in [-0.25, -0.2) is 4.98 Å². The zero-order valence-electron chi connectivity index (χ0n) is 10.4. The fourth-order valence-corrected chi connectivity index (χ4v) is 1.98. The van der Waals surface area contributed by atoms with Gasteiger partial charge in [0.15, 0.2) is 0 Å². The van der Waals surface area contributed by atoms with Crippen molar-refractivity contribution in [2.24, 2.45) is 0 Å². The number of nitrogens with one attached hydrogen (secondary N) is 2. The van der Waals surface area contributed by atoms with Crippen molar-refractivity contribution in [3.05, 3.63) is 24.0 Å². The first-order valence-electron chi connectivity index (χ1n) is 6.31. The van der Waals surface area contributed by atoms with Crippen LogP contribution < -0.4 is 10.6 Å². The third-order valence-electron chi connectivity index (χ3n) is 2.95. The molecule has 0 bridgehead atoms. The molecule has 5 nitrogen and oxygen atoms in total. The number of anilines is 1. The Bertz CT molecular complexity index is 410. The lowest BCUT2D eigenvalue weighted by atomic mass is 10.1. The van der Waals surface area contributed by atoms with Gasteiger partial charge in [-0.2, -0.15) is 5.26 Å². The largest absolute Gasteiger partial charge is 0.383 e. The molecule has 5 heteroatoms. The predicted molar refractivity (Wildman–Crippen MR) is 69.3 cm³/mol. The summed E-state index contributed by atoms with van der Waals surface area (Å²) in [6.07, 6.45) is 4.20. The minimum absolute atomic E-state index is 0.389. The van der Waals surface area contributed by atoms with Crippen LogP contribution in [-0.4, -0.2) is 37.3 Å². The lowest BCUT2D eigenvalue weighted by Gasteiger charge is -2.23. The zero-order valence-corrected chi connectivity index (χ0v) is 10.4. The maximum atomic E-state index is 8.73. The van der Waals surface area contributed by atoms with E-state index in [0.717, 1.165) is 38.2 Å².